The summed E-state index contributed by atoms with van der Waals surface area (Å²) in [5, 5.41) is 9.03. The van der Waals surface area contributed by atoms with Crippen molar-refractivity contribution in [3.63, 3.8) is 0 Å². The molecule has 0 amide bonds. The number of carboxylic acids is 1. The molecule has 0 spiro atoms. The van der Waals surface area contributed by atoms with Gasteiger partial charge in [0.1, 0.15) is 11.5 Å². The molecule has 0 aliphatic rings. The van der Waals surface area contributed by atoms with Crippen molar-refractivity contribution in [3.8, 4) is 0 Å². The van der Waals surface area contributed by atoms with Crippen LogP contribution in [0.25, 0.3) is 0 Å². The van der Waals surface area contributed by atoms with Gasteiger partial charge in [0.05, 0.1) is 6.20 Å². The van der Waals surface area contributed by atoms with Crippen molar-refractivity contribution in [3.05, 3.63) is 48.0 Å². The van der Waals surface area contributed by atoms with Crippen LogP contribution in [-0.4, -0.2) is 26.4 Å². The first-order valence-electron chi connectivity index (χ1n) is 5.62. The van der Waals surface area contributed by atoms with E-state index in [2.05, 4.69) is 4.98 Å². The fourth-order valence-corrected chi connectivity index (χ4v) is 2.55. The van der Waals surface area contributed by atoms with Gasteiger partial charge in [-0.3, -0.25) is 0 Å². The summed E-state index contributed by atoms with van der Waals surface area (Å²) in [6.45, 7) is 2.46. The van der Waals surface area contributed by atoms with Crippen LogP contribution in [0.1, 0.15) is 16.3 Å². The van der Waals surface area contributed by atoms with Crippen LogP contribution >= 0.6 is 11.8 Å². The molecule has 2 rings (SSSR count). The molecule has 94 valence electrons. The average molecular weight is 262 g/mol. The minimum Gasteiger partial charge on any atom is -0.477 e. The minimum absolute atomic E-state index is 0.251. The topological polar surface area (TPSA) is 55.1 Å². The Morgan fingerprint density at radius 2 is 2.11 bits per heavy atom. The van der Waals surface area contributed by atoms with E-state index >= 15 is 0 Å². The molecule has 1 heterocycles. The van der Waals surface area contributed by atoms with Gasteiger partial charge in [0.15, 0.2) is 0 Å². The predicted octanol–water partition coefficient (Wildman–Crippen LogP) is 2.68. The van der Waals surface area contributed by atoms with Gasteiger partial charge in [-0.15, -0.1) is 11.8 Å². The van der Waals surface area contributed by atoms with E-state index < -0.39 is 5.97 Å². The van der Waals surface area contributed by atoms with Crippen LogP contribution in [0.15, 0.2) is 41.4 Å². The lowest BCUT2D eigenvalue weighted by Gasteiger charge is -2.07. The van der Waals surface area contributed by atoms with Crippen molar-refractivity contribution in [2.45, 2.75) is 18.4 Å². The van der Waals surface area contributed by atoms with Crippen LogP contribution in [0.2, 0.25) is 0 Å². The average Bonchev–Trinajstić information content (AvgIpc) is 2.73. The zero-order valence-electron chi connectivity index (χ0n) is 10.0. The van der Waals surface area contributed by atoms with Gasteiger partial charge in [-0.2, -0.15) is 0 Å². The standard InChI is InChI=1S/C13H14N2O2S/c1-10-14-9-12(13(16)17)15(10)7-8-18-11-5-3-2-4-6-11/h2-6,9H,7-8H2,1H3,(H,16,17). The second-order valence-electron chi connectivity index (χ2n) is 3.81. The Bertz CT molecular complexity index is 537. The van der Waals surface area contributed by atoms with Crippen LogP contribution in [0.3, 0.4) is 0 Å². The van der Waals surface area contributed by atoms with Crippen molar-refractivity contribution in [2.75, 3.05) is 5.75 Å². The van der Waals surface area contributed by atoms with E-state index in [0.29, 0.717) is 6.54 Å². The number of thioether (sulfide) groups is 1. The van der Waals surface area contributed by atoms with Crippen molar-refractivity contribution < 1.29 is 9.90 Å². The third-order valence-corrected chi connectivity index (χ3v) is 3.59. The quantitative estimate of drug-likeness (QED) is 0.842. The second kappa shape index (κ2) is 5.73. The SMILES string of the molecule is Cc1ncc(C(=O)O)n1CCSc1ccccc1. The Balaban J connectivity index is 1.98. The number of imidazole rings is 1. The number of aromatic carboxylic acids is 1. The number of aryl methyl sites for hydroxylation is 1. The van der Waals surface area contributed by atoms with Crippen molar-refractivity contribution >= 4 is 17.7 Å². The van der Waals surface area contributed by atoms with Crippen molar-refractivity contribution in [1.29, 1.82) is 0 Å². The molecular weight excluding hydrogens is 248 g/mol. The van der Waals surface area contributed by atoms with E-state index in [0.717, 1.165) is 11.6 Å². The maximum Gasteiger partial charge on any atom is 0.354 e. The summed E-state index contributed by atoms with van der Waals surface area (Å²) in [4.78, 5) is 16.2. The van der Waals surface area contributed by atoms with E-state index in [4.69, 9.17) is 5.11 Å². The highest BCUT2D eigenvalue weighted by atomic mass is 32.2. The molecule has 0 fully saturated rings. The molecule has 0 saturated carbocycles. The lowest BCUT2D eigenvalue weighted by molar-refractivity contribution is 0.0685. The van der Waals surface area contributed by atoms with E-state index in [1.807, 2.05) is 37.3 Å². The van der Waals surface area contributed by atoms with Crippen LogP contribution in [0.5, 0.6) is 0 Å². The largest absolute Gasteiger partial charge is 0.477 e. The molecular formula is C13H14N2O2S. The number of hydrogen-bond donors (Lipinski definition) is 1. The number of rotatable bonds is 5. The molecule has 18 heavy (non-hydrogen) atoms. The molecule has 0 saturated heterocycles. The summed E-state index contributed by atoms with van der Waals surface area (Å²) in [6, 6.07) is 10.1. The first-order valence-corrected chi connectivity index (χ1v) is 6.60. The van der Waals surface area contributed by atoms with E-state index in [1.165, 1.54) is 11.1 Å². The Morgan fingerprint density at radius 1 is 1.39 bits per heavy atom. The number of aromatic nitrogens is 2. The Kier molecular flexibility index (Phi) is 4.04. The Labute approximate surface area is 110 Å². The molecule has 4 nitrogen and oxygen atoms in total. The molecule has 0 aliphatic carbocycles. The van der Waals surface area contributed by atoms with Crippen LogP contribution in [0, 0.1) is 6.92 Å². The summed E-state index contributed by atoms with van der Waals surface area (Å²) < 4.78 is 1.73. The van der Waals surface area contributed by atoms with Gasteiger partial charge in [0.25, 0.3) is 0 Å². The summed E-state index contributed by atoms with van der Waals surface area (Å²) >= 11 is 1.71. The number of nitrogens with zero attached hydrogens (tertiary/aromatic N) is 2. The highest BCUT2D eigenvalue weighted by Crippen LogP contribution is 2.18. The summed E-state index contributed by atoms with van der Waals surface area (Å²) in [7, 11) is 0. The molecule has 0 atom stereocenters. The van der Waals surface area contributed by atoms with Crippen LogP contribution < -0.4 is 0 Å². The van der Waals surface area contributed by atoms with Crippen LogP contribution in [0.4, 0.5) is 0 Å². The first-order chi connectivity index (χ1) is 8.68. The first kappa shape index (κ1) is 12.7. The third-order valence-electron chi connectivity index (χ3n) is 2.60. The van der Waals surface area contributed by atoms with Gasteiger partial charge >= 0.3 is 5.97 Å². The van der Waals surface area contributed by atoms with Crippen LogP contribution in [-0.2, 0) is 6.54 Å². The monoisotopic (exact) mass is 262 g/mol. The number of carboxylic acid groups (broad SMARTS) is 1. The van der Waals surface area contributed by atoms with Crippen molar-refractivity contribution in [1.82, 2.24) is 9.55 Å². The zero-order chi connectivity index (χ0) is 13.0. The summed E-state index contributed by atoms with van der Waals surface area (Å²) in [5.74, 6) is 0.628. The Hall–Kier alpha value is -1.75. The lowest BCUT2D eigenvalue weighted by Crippen LogP contribution is -2.11. The van der Waals surface area contributed by atoms with Gasteiger partial charge in [0, 0.05) is 17.2 Å². The number of carbonyl (C=O) groups is 1. The molecule has 1 aromatic heterocycles. The Morgan fingerprint density at radius 3 is 2.78 bits per heavy atom. The summed E-state index contributed by atoms with van der Waals surface area (Å²) in [6.07, 6.45) is 1.41. The lowest BCUT2D eigenvalue weighted by atomic mass is 10.4. The molecule has 0 aliphatic heterocycles. The molecule has 5 heteroatoms. The fraction of sp³-hybridized carbons (Fsp3) is 0.231. The van der Waals surface area contributed by atoms with Gasteiger partial charge in [-0.25, -0.2) is 9.78 Å². The minimum atomic E-state index is -0.930. The smallest absolute Gasteiger partial charge is 0.354 e. The third kappa shape index (κ3) is 2.92. The molecule has 2 aromatic rings. The maximum atomic E-state index is 11.0. The normalized spacial score (nSPS) is 10.5. The van der Waals surface area contributed by atoms with Crippen molar-refractivity contribution in [2.24, 2.45) is 0 Å². The highest BCUT2D eigenvalue weighted by molar-refractivity contribution is 7.99. The number of hydrogen-bond acceptors (Lipinski definition) is 3. The van der Waals surface area contributed by atoms with E-state index in [-0.39, 0.29) is 5.69 Å². The van der Waals surface area contributed by atoms with E-state index in [9.17, 15) is 4.79 Å². The van der Waals surface area contributed by atoms with Gasteiger partial charge in [0.2, 0.25) is 0 Å². The zero-order valence-corrected chi connectivity index (χ0v) is 10.9. The second-order valence-corrected chi connectivity index (χ2v) is 4.98. The van der Waals surface area contributed by atoms with Gasteiger partial charge in [-0.05, 0) is 19.1 Å². The molecule has 0 unspecified atom stereocenters. The molecule has 1 N–H and O–H groups in total. The fourth-order valence-electron chi connectivity index (χ4n) is 1.69. The van der Waals surface area contributed by atoms with E-state index in [1.54, 1.807) is 16.3 Å². The maximum absolute atomic E-state index is 11.0. The molecule has 0 radical (unpaired) electrons. The highest BCUT2D eigenvalue weighted by Gasteiger charge is 2.12. The van der Waals surface area contributed by atoms with Gasteiger partial charge < -0.3 is 9.67 Å². The molecule has 1 aromatic carbocycles. The summed E-state index contributed by atoms with van der Waals surface area (Å²) in [5.41, 5.74) is 0.251. The van der Waals surface area contributed by atoms with Gasteiger partial charge in [-0.1, -0.05) is 18.2 Å². The molecule has 0 bridgehead atoms. The number of benzene rings is 1. The predicted molar refractivity (Wildman–Crippen MR) is 71.1 cm³/mol.